The maximum atomic E-state index is 12.1. The summed E-state index contributed by atoms with van der Waals surface area (Å²) < 4.78 is 36.8. The van der Waals surface area contributed by atoms with Gasteiger partial charge in [-0.25, -0.2) is 0 Å². The molecule has 0 N–H and O–H groups in total. The van der Waals surface area contributed by atoms with Crippen molar-refractivity contribution in [2.75, 3.05) is 0 Å². The molecule has 1 nitrogen and oxygen atoms in total. The molecule has 0 aliphatic rings. The van der Waals surface area contributed by atoms with Crippen LogP contribution in [0.4, 0.5) is 12.9 Å². The quantitative estimate of drug-likeness (QED) is 0.484. The molecule has 0 amide bonds. The standard InChI is InChI=1S/C6H5BBrF3N.K/c1-4-2-5(7(9,10)11)3-12-6(4)8;/h2-3H,1H3;/q-1;+1. The van der Waals surface area contributed by atoms with E-state index in [2.05, 4.69) is 20.9 Å². The van der Waals surface area contributed by atoms with Crippen LogP contribution >= 0.6 is 15.9 Å². The molecule has 0 saturated carbocycles. The third kappa shape index (κ3) is 4.01. The maximum Gasteiger partial charge on any atom is 1.00 e. The molecule has 0 saturated heterocycles. The van der Waals surface area contributed by atoms with E-state index in [1.165, 1.54) is 0 Å². The Morgan fingerprint density at radius 2 is 1.92 bits per heavy atom. The largest absolute Gasteiger partial charge is 1.00 e. The van der Waals surface area contributed by atoms with Crippen molar-refractivity contribution in [2.45, 2.75) is 6.92 Å². The van der Waals surface area contributed by atoms with Crippen molar-refractivity contribution in [1.29, 1.82) is 0 Å². The maximum absolute atomic E-state index is 12.1. The van der Waals surface area contributed by atoms with Crippen molar-refractivity contribution in [1.82, 2.24) is 4.98 Å². The van der Waals surface area contributed by atoms with Gasteiger partial charge < -0.3 is 12.9 Å². The van der Waals surface area contributed by atoms with E-state index in [-0.39, 0.29) is 51.4 Å². The summed E-state index contributed by atoms with van der Waals surface area (Å²) in [4.78, 5) is 3.56. The molecule has 0 fully saturated rings. The minimum Gasteiger partial charge on any atom is -0.445 e. The first-order chi connectivity index (χ1) is 5.41. The number of aryl methyl sites for hydroxylation is 1. The second-order valence-electron chi connectivity index (χ2n) is 2.45. The second kappa shape index (κ2) is 5.27. The smallest absolute Gasteiger partial charge is 0.445 e. The number of rotatable bonds is 1. The number of aromatic nitrogens is 1. The summed E-state index contributed by atoms with van der Waals surface area (Å²) in [5, 5.41) is 0. The summed E-state index contributed by atoms with van der Waals surface area (Å²) in [7, 11) is 0. The van der Waals surface area contributed by atoms with Gasteiger partial charge in [-0.1, -0.05) is 11.5 Å². The molecule has 66 valence electrons. The Morgan fingerprint density at radius 3 is 2.31 bits per heavy atom. The van der Waals surface area contributed by atoms with Crippen molar-refractivity contribution in [3.05, 3.63) is 22.4 Å². The minimum absolute atomic E-state index is 0. The Labute approximate surface area is 125 Å². The fraction of sp³-hybridized carbons (Fsp3) is 0.167. The summed E-state index contributed by atoms with van der Waals surface area (Å²) >= 11 is 3.02. The van der Waals surface area contributed by atoms with Gasteiger partial charge in [0.25, 0.3) is 0 Å². The van der Waals surface area contributed by atoms with Crippen molar-refractivity contribution >= 4 is 28.4 Å². The van der Waals surface area contributed by atoms with Gasteiger partial charge in [-0.15, -0.1) is 0 Å². The first kappa shape index (κ1) is 14.1. The van der Waals surface area contributed by atoms with Crippen LogP contribution < -0.4 is 56.8 Å². The number of halogens is 4. The van der Waals surface area contributed by atoms with Gasteiger partial charge in [0.1, 0.15) is 4.60 Å². The van der Waals surface area contributed by atoms with Crippen LogP contribution in [-0.4, -0.2) is 12.0 Å². The molecule has 0 atom stereocenters. The number of pyridine rings is 1. The molecule has 0 aromatic carbocycles. The van der Waals surface area contributed by atoms with Crippen LogP contribution in [0.5, 0.6) is 0 Å². The van der Waals surface area contributed by atoms with Crippen molar-refractivity contribution < 1.29 is 64.3 Å². The number of nitrogens with zero attached hydrogens (tertiary/aromatic N) is 1. The molecule has 13 heavy (non-hydrogen) atoms. The van der Waals surface area contributed by atoms with Crippen LogP contribution in [0.2, 0.25) is 0 Å². The molecule has 7 heteroatoms. The van der Waals surface area contributed by atoms with E-state index < -0.39 is 12.4 Å². The van der Waals surface area contributed by atoms with Crippen molar-refractivity contribution in [3.63, 3.8) is 0 Å². The SMILES string of the molecule is Cc1cc([B-](F)(F)F)cnc1Br.[K+]. The summed E-state index contributed by atoms with van der Waals surface area (Å²) in [6.45, 7) is -3.35. The van der Waals surface area contributed by atoms with E-state index in [1.54, 1.807) is 6.92 Å². The van der Waals surface area contributed by atoms with Crippen LogP contribution in [0, 0.1) is 6.92 Å². The summed E-state index contributed by atoms with van der Waals surface area (Å²) in [5.41, 5.74) is -0.164. The molecular weight excluding hydrogens is 273 g/mol. The van der Waals surface area contributed by atoms with Gasteiger partial charge in [0.15, 0.2) is 0 Å². The van der Waals surface area contributed by atoms with Crippen LogP contribution in [0.1, 0.15) is 5.56 Å². The van der Waals surface area contributed by atoms with Gasteiger partial charge in [0, 0.05) is 6.20 Å². The van der Waals surface area contributed by atoms with Crippen LogP contribution in [0.25, 0.3) is 0 Å². The van der Waals surface area contributed by atoms with Gasteiger partial charge in [-0.05, 0) is 28.4 Å². The molecule has 0 bridgehead atoms. The van der Waals surface area contributed by atoms with Gasteiger partial charge >= 0.3 is 58.4 Å². The van der Waals surface area contributed by atoms with E-state index in [4.69, 9.17) is 0 Å². The zero-order valence-corrected chi connectivity index (χ0v) is 11.9. The third-order valence-electron chi connectivity index (χ3n) is 1.41. The molecule has 1 aromatic rings. The van der Waals surface area contributed by atoms with Gasteiger partial charge in [-0.2, -0.15) is 0 Å². The first-order valence-electron chi connectivity index (χ1n) is 3.23. The Kier molecular flexibility index (Phi) is 5.73. The minimum atomic E-state index is -4.92. The molecule has 0 aliphatic carbocycles. The average molecular weight is 278 g/mol. The summed E-state index contributed by atoms with van der Waals surface area (Å²) in [5.74, 6) is 0. The first-order valence-corrected chi connectivity index (χ1v) is 4.02. The third-order valence-corrected chi connectivity index (χ3v) is 2.24. The van der Waals surface area contributed by atoms with E-state index in [9.17, 15) is 12.9 Å². The van der Waals surface area contributed by atoms with Crippen molar-refractivity contribution in [2.24, 2.45) is 0 Å². The fourth-order valence-corrected chi connectivity index (χ4v) is 0.976. The fourth-order valence-electron chi connectivity index (χ4n) is 0.759. The van der Waals surface area contributed by atoms with Crippen LogP contribution in [0.3, 0.4) is 0 Å². The van der Waals surface area contributed by atoms with Gasteiger partial charge in [0.05, 0.1) is 0 Å². The van der Waals surface area contributed by atoms with Gasteiger partial charge in [-0.3, -0.25) is 4.98 Å². The monoisotopic (exact) mass is 277 g/mol. The summed E-state index contributed by atoms with van der Waals surface area (Å²) in [6.07, 6.45) is 0.830. The molecule has 1 heterocycles. The normalized spacial score (nSPS) is 10.8. The average Bonchev–Trinajstić information content (AvgIpc) is 1.92. The Balaban J connectivity index is 0.00000144. The zero-order valence-electron chi connectivity index (χ0n) is 7.19. The Bertz CT molecular complexity index is 304. The van der Waals surface area contributed by atoms with E-state index in [0.29, 0.717) is 10.2 Å². The number of hydrogen-bond acceptors (Lipinski definition) is 1. The summed E-state index contributed by atoms with van der Waals surface area (Å²) in [6, 6.07) is 1.08. The Hall–Kier alpha value is 1.12. The van der Waals surface area contributed by atoms with Crippen LogP contribution in [0.15, 0.2) is 16.9 Å². The predicted octanol–water partition coefficient (Wildman–Crippen LogP) is -0.789. The molecular formula is C6H5BBrF3KN. The molecule has 0 unspecified atom stereocenters. The molecule has 0 aliphatic heterocycles. The topological polar surface area (TPSA) is 12.9 Å². The van der Waals surface area contributed by atoms with E-state index >= 15 is 0 Å². The number of hydrogen-bond donors (Lipinski definition) is 0. The van der Waals surface area contributed by atoms with Gasteiger partial charge in [0.2, 0.25) is 0 Å². The molecule has 0 radical (unpaired) electrons. The zero-order chi connectivity index (χ0) is 9.35. The van der Waals surface area contributed by atoms with E-state index in [1.807, 2.05) is 0 Å². The van der Waals surface area contributed by atoms with E-state index in [0.717, 1.165) is 12.3 Å². The van der Waals surface area contributed by atoms with Crippen LogP contribution in [-0.2, 0) is 0 Å². The molecule has 1 aromatic heterocycles. The van der Waals surface area contributed by atoms with Crippen molar-refractivity contribution in [3.8, 4) is 0 Å². The predicted molar refractivity (Wildman–Crippen MR) is 45.4 cm³/mol. The molecule has 0 spiro atoms. The Morgan fingerprint density at radius 1 is 1.38 bits per heavy atom. The molecule has 1 rings (SSSR count). The second-order valence-corrected chi connectivity index (χ2v) is 3.20.